The maximum atomic E-state index is 11.8. The van der Waals surface area contributed by atoms with E-state index in [0.717, 1.165) is 24.2 Å². The van der Waals surface area contributed by atoms with Crippen molar-refractivity contribution in [3.8, 4) is 5.75 Å². The van der Waals surface area contributed by atoms with Crippen molar-refractivity contribution in [3.63, 3.8) is 0 Å². The minimum Gasteiger partial charge on any atom is -0.462 e. The molecule has 1 aromatic carbocycles. The first-order valence-corrected chi connectivity index (χ1v) is 9.60. The smallest absolute Gasteiger partial charge is 0.322 e. The van der Waals surface area contributed by atoms with Gasteiger partial charge in [0.1, 0.15) is 5.75 Å². The third-order valence-corrected chi connectivity index (χ3v) is 6.60. The summed E-state index contributed by atoms with van der Waals surface area (Å²) < 4.78 is 12.9. The Morgan fingerprint density at radius 1 is 1.27 bits per heavy atom. The van der Waals surface area contributed by atoms with E-state index in [-0.39, 0.29) is 17.4 Å². The summed E-state index contributed by atoms with van der Waals surface area (Å²) in [5.74, 6) is -0.125. The van der Waals surface area contributed by atoms with Gasteiger partial charge in [-0.15, -0.1) is 5.06 Å². The van der Waals surface area contributed by atoms with Crippen molar-refractivity contribution in [2.24, 2.45) is 5.92 Å². The molecule has 26 heavy (non-hydrogen) atoms. The van der Waals surface area contributed by atoms with E-state index in [0.29, 0.717) is 13.0 Å². The van der Waals surface area contributed by atoms with E-state index in [2.05, 4.69) is 34.6 Å². The first-order chi connectivity index (χ1) is 12.2. The molecule has 5 nitrogen and oxygen atoms in total. The minimum atomic E-state index is -0.736. The molecular formula is C21H31NO4. The highest BCUT2D eigenvalue weighted by molar-refractivity contribution is 5.65. The van der Waals surface area contributed by atoms with Crippen LogP contribution >= 0.6 is 0 Å². The van der Waals surface area contributed by atoms with Gasteiger partial charge in [-0.3, -0.25) is 4.79 Å². The van der Waals surface area contributed by atoms with Gasteiger partial charge in [-0.25, -0.2) is 0 Å². The third kappa shape index (κ3) is 2.81. The average Bonchev–Trinajstić information content (AvgIpc) is 2.63. The van der Waals surface area contributed by atoms with Gasteiger partial charge in [0.05, 0.1) is 17.7 Å². The monoisotopic (exact) mass is 361 g/mol. The fraction of sp³-hybridized carbons (Fsp3) is 0.667. The normalized spacial score (nSPS) is 37.1. The number of hydrogen-bond acceptors (Lipinski definition) is 5. The molecule has 144 valence electrons. The molecule has 1 aromatic rings. The number of carbonyl (C=O) groups excluding carboxylic acids is 1. The van der Waals surface area contributed by atoms with Crippen LogP contribution < -0.4 is 4.74 Å². The number of para-hydroxylation sites is 1. The van der Waals surface area contributed by atoms with Crippen LogP contribution in [0.4, 0.5) is 0 Å². The summed E-state index contributed by atoms with van der Waals surface area (Å²) in [5, 5.41) is 1.92. The van der Waals surface area contributed by atoms with Gasteiger partial charge in [-0.2, -0.15) is 0 Å². The Hall–Kier alpha value is -1.59. The lowest BCUT2D eigenvalue weighted by Gasteiger charge is -2.62. The first kappa shape index (κ1) is 19.2. The molecule has 0 bridgehead atoms. The number of nitrogens with zero attached hydrogens (tertiary/aromatic N) is 1. The molecular weight excluding hydrogens is 330 g/mol. The molecule has 0 aromatic heterocycles. The minimum absolute atomic E-state index is 0.00679. The second-order valence-corrected chi connectivity index (χ2v) is 8.15. The summed E-state index contributed by atoms with van der Waals surface area (Å²) in [5.41, 5.74) is 0.292. The zero-order valence-electron chi connectivity index (χ0n) is 16.8. The van der Waals surface area contributed by atoms with Gasteiger partial charge < -0.3 is 14.3 Å². The van der Waals surface area contributed by atoms with Crippen LogP contribution in [0.5, 0.6) is 5.75 Å². The van der Waals surface area contributed by atoms with E-state index in [1.54, 1.807) is 0 Å². The molecule has 0 aliphatic carbocycles. The highest BCUT2D eigenvalue weighted by Gasteiger charge is 2.64. The lowest BCUT2D eigenvalue weighted by molar-refractivity contribution is -0.363. The van der Waals surface area contributed by atoms with Crippen LogP contribution in [0.2, 0.25) is 0 Å². The standard InChI is InChI=1S/C21H31NO4/c1-7-19(5)14-21(24-13-17-11-9-10-12-18(17)25-21)15(3)20(6,8-2)22(19)26-16(4)23/h9-12,15H,7-8,13-14H2,1-6H3. The van der Waals surface area contributed by atoms with Gasteiger partial charge in [-0.05, 0) is 32.8 Å². The lowest BCUT2D eigenvalue weighted by atomic mass is 9.67. The fourth-order valence-electron chi connectivity index (χ4n) is 4.52. The summed E-state index contributed by atoms with van der Waals surface area (Å²) in [6.45, 7) is 12.7. The largest absolute Gasteiger partial charge is 0.462 e. The number of piperidine rings is 1. The van der Waals surface area contributed by atoms with Gasteiger partial charge >= 0.3 is 5.97 Å². The molecule has 1 fully saturated rings. The van der Waals surface area contributed by atoms with Crippen molar-refractivity contribution in [2.45, 2.75) is 84.3 Å². The number of rotatable bonds is 3. The Kier molecular flexibility index (Phi) is 4.82. The molecule has 1 saturated heterocycles. The average molecular weight is 361 g/mol. The molecule has 0 N–H and O–H groups in total. The number of hydrogen-bond donors (Lipinski definition) is 0. The zero-order chi connectivity index (χ0) is 19.2. The predicted octanol–water partition coefficient (Wildman–Crippen LogP) is 4.45. The van der Waals surface area contributed by atoms with E-state index in [4.69, 9.17) is 14.3 Å². The maximum absolute atomic E-state index is 11.8. The molecule has 2 aliphatic rings. The SMILES string of the molecule is CCC1(C)CC2(OCc3ccccc3O2)C(C)C(C)(CC)N1OC(C)=O. The Bertz CT molecular complexity index is 692. The molecule has 4 atom stereocenters. The molecule has 1 spiro atoms. The number of fused-ring (bicyclic) bond motifs is 1. The van der Waals surface area contributed by atoms with Crippen molar-refractivity contribution < 1.29 is 19.1 Å². The second kappa shape index (κ2) is 6.54. The second-order valence-electron chi connectivity index (χ2n) is 8.15. The van der Waals surface area contributed by atoms with Crippen molar-refractivity contribution in [3.05, 3.63) is 29.8 Å². The molecule has 2 aliphatic heterocycles. The maximum Gasteiger partial charge on any atom is 0.322 e. The van der Waals surface area contributed by atoms with Crippen molar-refractivity contribution >= 4 is 5.97 Å². The summed E-state index contributed by atoms with van der Waals surface area (Å²) >= 11 is 0. The van der Waals surface area contributed by atoms with Crippen LogP contribution in [0, 0.1) is 5.92 Å². The molecule has 4 unspecified atom stereocenters. The van der Waals surface area contributed by atoms with Crippen LogP contribution in [-0.2, 0) is 21.0 Å². The number of benzene rings is 1. The topological polar surface area (TPSA) is 48.0 Å². The first-order valence-electron chi connectivity index (χ1n) is 9.60. The van der Waals surface area contributed by atoms with Crippen molar-refractivity contribution in [2.75, 3.05) is 0 Å². The number of carbonyl (C=O) groups is 1. The Morgan fingerprint density at radius 3 is 2.58 bits per heavy atom. The van der Waals surface area contributed by atoms with Crippen LogP contribution in [0.15, 0.2) is 24.3 Å². The van der Waals surface area contributed by atoms with Crippen molar-refractivity contribution in [1.82, 2.24) is 5.06 Å². The van der Waals surface area contributed by atoms with Crippen LogP contribution in [0.1, 0.15) is 66.4 Å². The zero-order valence-corrected chi connectivity index (χ0v) is 16.8. The van der Waals surface area contributed by atoms with Gasteiger partial charge in [0, 0.05) is 24.8 Å². The molecule has 3 rings (SSSR count). The number of ether oxygens (including phenoxy) is 2. The Labute approximate surface area is 156 Å². The number of hydroxylamine groups is 2. The van der Waals surface area contributed by atoms with Crippen molar-refractivity contribution in [1.29, 1.82) is 0 Å². The Morgan fingerprint density at radius 2 is 1.96 bits per heavy atom. The van der Waals surface area contributed by atoms with Gasteiger partial charge in [0.15, 0.2) is 0 Å². The summed E-state index contributed by atoms with van der Waals surface area (Å²) in [7, 11) is 0. The summed E-state index contributed by atoms with van der Waals surface area (Å²) in [6, 6.07) is 8.05. The van der Waals surface area contributed by atoms with Crippen LogP contribution in [-0.4, -0.2) is 27.9 Å². The van der Waals surface area contributed by atoms with E-state index in [1.165, 1.54) is 6.92 Å². The summed E-state index contributed by atoms with van der Waals surface area (Å²) in [6.07, 6.45) is 2.26. The molecule has 0 radical (unpaired) electrons. The molecule has 0 amide bonds. The molecule has 0 saturated carbocycles. The fourth-order valence-corrected chi connectivity index (χ4v) is 4.52. The lowest BCUT2D eigenvalue weighted by Crippen LogP contribution is -2.73. The predicted molar refractivity (Wildman–Crippen MR) is 99.4 cm³/mol. The van der Waals surface area contributed by atoms with E-state index in [1.807, 2.05) is 29.3 Å². The Balaban J connectivity index is 2.06. The molecule has 5 heteroatoms. The van der Waals surface area contributed by atoms with Gasteiger partial charge in [-0.1, -0.05) is 39.0 Å². The highest BCUT2D eigenvalue weighted by Crippen LogP contribution is 2.54. The van der Waals surface area contributed by atoms with Crippen LogP contribution in [0.25, 0.3) is 0 Å². The highest BCUT2D eigenvalue weighted by atomic mass is 16.7. The quantitative estimate of drug-likeness (QED) is 0.796. The van der Waals surface area contributed by atoms with E-state index in [9.17, 15) is 4.79 Å². The van der Waals surface area contributed by atoms with E-state index >= 15 is 0 Å². The summed E-state index contributed by atoms with van der Waals surface area (Å²) in [4.78, 5) is 17.6. The van der Waals surface area contributed by atoms with Gasteiger partial charge in [0.25, 0.3) is 0 Å². The third-order valence-electron chi connectivity index (χ3n) is 6.60. The van der Waals surface area contributed by atoms with Crippen LogP contribution in [0.3, 0.4) is 0 Å². The molecule has 2 heterocycles. The van der Waals surface area contributed by atoms with Gasteiger partial charge in [0.2, 0.25) is 5.79 Å². The van der Waals surface area contributed by atoms with E-state index < -0.39 is 11.3 Å².